The van der Waals surface area contributed by atoms with Crippen LogP contribution in [0.15, 0.2) is 18.2 Å². The van der Waals surface area contributed by atoms with Crippen LogP contribution in [-0.2, 0) is 4.74 Å². The summed E-state index contributed by atoms with van der Waals surface area (Å²) in [5.41, 5.74) is 0.677. The van der Waals surface area contributed by atoms with E-state index in [9.17, 15) is 9.59 Å². The second kappa shape index (κ2) is 6.77. The molecule has 0 aliphatic rings. The molecule has 0 spiro atoms. The summed E-state index contributed by atoms with van der Waals surface area (Å²) >= 11 is 5.48. The number of rotatable bonds is 5. The Morgan fingerprint density at radius 3 is 2.72 bits per heavy atom. The monoisotopic (exact) mass is 265 g/mol. The van der Waals surface area contributed by atoms with Crippen LogP contribution in [0.25, 0.3) is 0 Å². The van der Waals surface area contributed by atoms with Crippen molar-refractivity contribution in [2.45, 2.75) is 13.3 Å². The zero-order chi connectivity index (χ0) is 13.5. The minimum atomic E-state index is -0.564. The van der Waals surface area contributed by atoms with E-state index in [0.29, 0.717) is 5.56 Å². The highest BCUT2D eigenvalue weighted by Gasteiger charge is 2.15. The van der Waals surface area contributed by atoms with Crippen LogP contribution in [0.5, 0.6) is 0 Å². The lowest BCUT2D eigenvalue weighted by atomic mass is 10.0. The number of esters is 1. The molecule has 94 valence electrons. The van der Waals surface area contributed by atoms with Gasteiger partial charge >= 0.3 is 5.97 Å². The molecule has 18 heavy (non-hydrogen) atoms. The molecule has 0 atom stereocenters. The molecule has 5 heteroatoms. The molecule has 0 heterocycles. The normalized spacial score (nSPS) is 9.61. The molecule has 1 aromatic carbocycles. The van der Waals surface area contributed by atoms with Crippen LogP contribution in [0.4, 0.5) is 0 Å². The smallest absolute Gasteiger partial charge is 0.339 e. The third kappa shape index (κ3) is 3.31. The molecule has 0 saturated heterocycles. The van der Waals surface area contributed by atoms with Gasteiger partial charge in [-0.2, -0.15) is 5.26 Å². The summed E-state index contributed by atoms with van der Waals surface area (Å²) in [4.78, 5) is 23.2. The first-order valence-electron chi connectivity index (χ1n) is 5.44. The lowest BCUT2D eigenvalue weighted by molar-refractivity contribution is 0.0525. The Morgan fingerprint density at radius 1 is 1.44 bits per heavy atom. The summed E-state index contributed by atoms with van der Waals surface area (Å²) in [6, 6.07) is 6.21. The Morgan fingerprint density at radius 2 is 2.17 bits per heavy atom. The van der Waals surface area contributed by atoms with Crippen molar-refractivity contribution in [3.63, 3.8) is 0 Å². The standard InChI is InChI=1S/C13H12ClNO3/c1-2-18-13(17)11-4-3-9(7-10(11)8-15)12(16)5-6-14/h3-4,7H,2,5-6H2,1H3. The van der Waals surface area contributed by atoms with E-state index in [2.05, 4.69) is 0 Å². The molecular formula is C13H12ClNO3. The Kier molecular flexibility index (Phi) is 5.34. The number of hydrogen-bond acceptors (Lipinski definition) is 4. The summed E-state index contributed by atoms with van der Waals surface area (Å²) in [6.07, 6.45) is 0.200. The van der Waals surface area contributed by atoms with Crippen molar-refractivity contribution in [1.82, 2.24) is 0 Å². The van der Waals surface area contributed by atoms with Crippen molar-refractivity contribution in [2.24, 2.45) is 0 Å². The topological polar surface area (TPSA) is 67.2 Å². The average Bonchev–Trinajstić information content (AvgIpc) is 2.38. The minimum absolute atomic E-state index is 0.133. The van der Waals surface area contributed by atoms with E-state index >= 15 is 0 Å². The van der Waals surface area contributed by atoms with Crippen molar-refractivity contribution in [3.8, 4) is 6.07 Å². The fourth-order valence-corrected chi connectivity index (χ4v) is 1.60. The van der Waals surface area contributed by atoms with Crippen LogP contribution in [0.2, 0.25) is 0 Å². The van der Waals surface area contributed by atoms with Gasteiger partial charge in [0.2, 0.25) is 0 Å². The second-order valence-corrected chi connectivity index (χ2v) is 3.83. The molecule has 0 radical (unpaired) electrons. The number of ether oxygens (including phenoxy) is 1. The van der Waals surface area contributed by atoms with Crippen LogP contribution < -0.4 is 0 Å². The zero-order valence-electron chi connectivity index (χ0n) is 9.90. The number of hydrogen-bond donors (Lipinski definition) is 0. The van der Waals surface area contributed by atoms with Gasteiger partial charge in [0.1, 0.15) is 6.07 Å². The number of carbonyl (C=O) groups excluding carboxylic acids is 2. The predicted molar refractivity (Wildman–Crippen MR) is 66.8 cm³/mol. The van der Waals surface area contributed by atoms with Crippen molar-refractivity contribution < 1.29 is 14.3 Å². The van der Waals surface area contributed by atoms with Crippen molar-refractivity contribution in [1.29, 1.82) is 5.26 Å². The lowest BCUT2D eigenvalue weighted by Crippen LogP contribution is -2.08. The number of benzene rings is 1. The van der Waals surface area contributed by atoms with Gasteiger partial charge < -0.3 is 4.74 Å². The van der Waals surface area contributed by atoms with E-state index < -0.39 is 5.97 Å². The van der Waals surface area contributed by atoms with Crippen LogP contribution in [0, 0.1) is 11.3 Å². The molecular weight excluding hydrogens is 254 g/mol. The van der Waals surface area contributed by atoms with E-state index in [-0.39, 0.29) is 35.8 Å². The number of carbonyl (C=O) groups is 2. The Labute approximate surface area is 110 Å². The fraction of sp³-hybridized carbons (Fsp3) is 0.308. The van der Waals surface area contributed by atoms with Crippen LogP contribution >= 0.6 is 11.6 Å². The number of Topliss-reactive ketones (excluding diaryl/α,β-unsaturated/α-hetero) is 1. The molecule has 0 aliphatic heterocycles. The van der Waals surface area contributed by atoms with Crippen molar-refractivity contribution in [2.75, 3.05) is 12.5 Å². The molecule has 0 N–H and O–H groups in total. The van der Waals surface area contributed by atoms with Crippen LogP contribution in [0.1, 0.15) is 39.6 Å². The van der Waals surface area contributed by atoms with Gasteiger partial charge in [-0.3, -0.25) is 4.79 Å². The minimum Gasteiger partial charge on any atom is -0.462 e. The van der Waals surface area contributed by atoms with E-state index in [4.69, 9.17) is 21.6 Å². The first-order valence-corrected chi connectivity index (χ1v) is 5.98. The number of nitriles is 1. The van der Waals surface area contributed by atoms with E-state index in [1.807, 2.05) is 6.07 Å². The first-order chi connectivity index (χ1) is 8.63. The van der Waals surface area contributed by atoms with Crippen molar-refractivity contribution in [3.05, 3.63) is 34.9 Å². The van der Waals surface area contributed by atoms with Crippen LogP contribution in [0.3, 0.4) is 0 Å². The molecule has 0 aromatic heterocycles. The van der Waals surface area contributed by atoms with E-state index in [1.165, 1.54) is 18.2 Å². The molecule has 1 aromatic rings. The maximum absolute atomic E-state index is 11.6. The van der Waals surface area contributed by atoms with Gasteiger partial charge in [0.05, 0.1) is 17.7 Å². The van der Waals surface area contributed by atoms with Crippen molar-refractivity contribution >= 4 is 23.4 Å². The lowest BCUT2D eigenvalue weighted by Gasteiger charge is -2.05. The molecule has 1 rings (SSSR count). The highest BCUT2D eigenvalue weighted by Crippen LogP contribution is 2.14. The summed E-state index contributed by atoms with van der Waals surface area (Å²) in [6.45, 7) is 1.92. The largest absolute Gasteiger partial charge is 0.462 e. The van der Waals surface area contributed by atoms with Gasteiger partial charge in [-0.05, 0) is 19.1 Å². The average molecular weight is 266 g/mol. The molecule has 0 unspecified atom stereocenters. The third-order valence-electron chi connectivity index (χ3n) is 2.28. The summed E-state index contributed by atoms with van der Waals surface area (Å²) < 4.78 is 4.82. The fourth-order valence-electron chi connectivity index (χ4n) is 1.43. The highest BCUT2D eigenvalue weighted by atomic mass is 35.5. The van der Waals surface area contributed by atoms with Crippen LogP contribution in [-0.4, -0.2) is 24.2 Å². The number of halogens is 1. The maximum Gasteiger partial charge on any atom is 0.339 e. The quantitative estimate of drug-likeness (QED) is 0.466. The first kappa shape index (κ1) is 14.2. The summed E-state index contributed by atoms with van der Waals surface area (Å²) in [5.74, 6) is -0.498. The predicted octanol–water partition coefficient (Wildman–Crippen LogP) is 2.55. The SMILES string of the molecule is CCOC(=O)c1ccc(C(=O)CCCl)cc1C#N. The summed E-state index contributed by atoms with van der Waals surface area (Å²) in [7, 11) is 0. The van der Waals surface area contributed by atoms with Gasteiger partial charge in [-0.1, -0.05) is 6.07 Å². The zero-order valence-corrected chi connectivity index (χ0v) is 10.7. The number of nitrogens with zero attached hydrogens (tertiary/aromatic N) is 1. The number of alkyl halides is 1. The third-order valence-corrected chi connectivity index (χ3v) is 2.47. The van der Waals surface area contributed by atoms with E-state index in [0.717, 1.165) is 0 Å². The molecule has 0 bridgehead atoms. The van der Waals surface area contributed by atoms with Gasteiger partial charge in [-0.25, -0.2) is 4.79 Å². The second-order valence-electron chi connectivity index (χ2n) is 3.45. The maximum atomic E-state index is 11.6. The van der Waals surface area contributed by atoms with Gasteiger partial charge in [0.15, 0.2) is 5.78 Å². The Hall–Kier alpha value is -1.86. The highest BCUT2D eigenvalue weighted by molar-refractivity contribution is 6.19. The summed E-state index contributed by atoms with van der Waals surface area (Å²) in [5, 5.41) is 8.98. The van der Waals surface area contributed by atoms with E-state index in [1.54, 1.807) is 6.92 Å². The molecule has 0 aliphatic carbocycles. The molecule has 0 amide bonds. The molecule has 4 nitrogen and oxygen atoms in total. The van der Waals surface area contributed by atoms with Gasteiger partial charge in [0, 0.05) is 17.9 Å². The van der Waals surface area contributed by atoms with Gasteiger partial charge in [-0.15, -0.1) is 11.6 Å². The Balaban J connectivity index is 3.08. The number of ketones is 1. The molecule has 0 saturated carbocycles. The van der Waals surface area contributed by atoms with Gasteiger partial charge in [0.25, 0.3) is 0 Å². The molecule has 0 fully saturated rings. The Bertz CT molecular complexity index is 505.